The monoisotopic (exact) mass is 265 g/mol. The van der Waals surface area contributed by atoms with Gasteiger partial charge in [0.2, 0.25) is 0 Å². The van der Waals surface area contributed by atoms with Crippen LogP contribution in [0.15, 0.2) is 29.8 Å². The molecule has 1 N–H and O–H groups in total. The normalized spacial score (nSPS) is 10.6. The van der Waals surface area contributed by atoms with Gasteiger partial charge in [-0.15, -0.1) is 11.3 Å². The fraction of sp³-hybridized carbons (Fsp3) is 0.308. The maximum absolute atomic E-state index is 13.2. The number of pyridine rings is 1. The zero-order valence-corrected chi connectivity index (χ0v) is 11.3. The molecule has 2 aromatic rings. The Bertz CT molecular complexity index is 499. The number of aromatic nitrogens is 1. The van der Waals surface area contributed by atoms with Crippen LogP contribution in [0, 0.1) is 5.82 Å². The Balaban J connectivity index is 2.20. The molecule has 0 spiro atoms. The molecular formula is C13H16FN3S. The van der Waals surface area contributed by atoms with Crippen LogP contribution < -0.4 is 10.2 Å². The molecule has 0 aromatic carbocycles. The highest BCUT2D eigenvalue weighted by Gasteiger charge is 2.10. The van der Waals surface area contributed by atoms with Gasteiger partial charge in [0, 0.05) is 24.0 Å². The zero-order chi connectivity index (χ0) is 13.0. The number of halogens is 1. The standard InChI is InChI=1S/C13H16FN3S/c1-15-7-10-6-11(14)8-16-13(10)17(2)9-12-4-3-5-18-12/h3-6,8,15H,7,9H2,1-2H3. The smallest absolute Gasteiger partial charge is 0.141 e. The summed E-state index contributed by atoms with van der Waals surface area (Å²) in [5.41, 5.74) is 0.872. The van der Waals surface area contributed by atoms with Gasteiger partial charge >= 0.3 is 0 Å². The van der Waals surface area contributed by atoms with Crippen molar-refractivity contribution in [3.05, 3.63) is 46.0 Å². The molecule has 0 fully saturated rings. The van der Waals surface area contributed by atoms with Gasteiger partial charge in [-0.25, -0.2) is 9.37 Å². The van der Waals surface area contributed by atoms with Crippen molar-refractivity contribution in [3.8, 4) is 0 Å². The van der Waals surface area contributed by atoms with Crippen molar-refractivity contribution >= 4 is 17.2 Å². The molecule has 96 valence electrons. The summed E-state index contributed by atoms with van der Waals surface area (Å²) in [7, 11) is 3.81. The molecule has 0 bridgehead atoms. The topological polar surface area (TPSA) is 28.2 Å². The van der Waals surface area contributed by atoms with E-state index in [0.29, 0.717) is 6.54 Å². The van der Waals surface area contributed by atoms with Crippen LogP contribution in [0.5, 0.6) is 0 Å². The second-order valence-electron chi connectivity index (χ2n) is 4.10. The molecule has 0 saturated carbocycles. The van der Waals surface area contributed by atoms with E-state index in [4.69, 9.17) is 0 Å². The van der Waals surface area contributed by atoms with Crippen LogP contribution in [0.2, 0.25) is 0 Å². The molecule has 0 aliphatic rings. The lowest BCUT2D eigenvalue weighted by Gasteiger charge is -2.20. The summed E-state index contributed by atoms with van der Waals surface area (Å²) in [6, 6.07) is 5.65. The lowest BCUT2D eigenvalue weighted by molar-refractivity contribution is 0.615. The third-order valence-electron chi connectivity index (χ3n) is 2.61. The second-order valence-corrected chi connectivity index (χ2v) is 5.13. The van der Waals surface area contributed by atoms with Gasteiger partial charge in [0.05, 0.1) is 12.7 Å². The number of hydrogen-bond acceptors (Lipinski definition) is 4. The second kappa shape index (κ2) is 5.93. The number of nitrogens with one attached hydrogen (secondary N) is 1. The van der Waals surface area contributed by atoms with Gasteiger partial charge in [0.15, 0.2) is 0 Å². The highest BCUT2D eigenvalue weighted by Crippen LogP contribution is 2.20. The molecule has 0 atom stereocenters. The Morgan fingerprint density at radius 2 is 2.33 bits per heavy atom. The predicted molar refractivity (Wildman–Crippen MR) is 73.4 cm³/mol. The van der Waals surface area contributed by atoms with E-state index in [-0.39, 0.29) is 5.82 Å². The van der Waals surface area contributed by atoms with E-state index in [1.165, 1.54) is 17.1 Å². The van der Waals surface area contributed by atoms with Crippen LogP contribution in [-0.4, -0.2) is 19.1 Å². The van der Waals surface area contributed by atoms with Crippen molar-refractivity contribution < 1.29 is 4.39 Å². The molecule has 0 unspecified atom stereocenters. The van der Waals surface area contributed by atoms with Crippen LogP contribution in [0.3, 0.4) is 0 Å². The molecule has 5 heteroatoms. The summed E-state index contributed by atoms with van der Waals surface area (Å²) < 4.78 is 13.2. The van der Waals surface area contributed by atoms with Gasteiger partial charge in [-0.3, -0.25) is 0 Å². The molecule has 3 nitrogen and oxygen atoms in total. The van der Waals surface area contributed by atoms with Crippen molar-refractivity contribution in [1.82, 2.24) is 10.3 Å². The Morgan fingerprint density at radius 3 is 3.00 bits per heavy atom. The molecule has 0 amide bonds. The van der Waals surface area contributed by atoms with Crippen molar-refractivity contribution in [2.24, 2.45) is 0 Å². The predicted octanol–water partition coefficient (Wildman–Crippen LogP) is 2.64. The summed E-state index contributed by atoms with van der Waals surface area (Å²) in [5.74, 6) is 0.521. The maximum atomic E-state index is 13.2. The van der Waals surface area contributed by atoms with Crippen LogP contribution in [0.4, 0.5) is 10.2 Å². The third-order valence-corrected chi connectivity index (χ3v) is 3.47. The quantitative estimate of drug-likeness (QED) is 0.901. The van der Waals surface area contributed by atoms with E-state index in [2.05, 4.69) is 21.7 Å². The van der Waals surface area contributed by atoms with Gasteiger partial charge in [-0.1, -0.05) is 6.07 Å². The van der Waals surface area contributed by atoms with E-state index in [1.54, 1.807) is 11.3 Å². The fourth-order valence-corrected chi connectivity index (χ4v) is 2.61. The third kappa shape index (κ3) is 3.05. The molecule has 2 aromatic heterocycles. The first-order chi connectivity index (χ1) is 8.70. The molecule has 2 rings (SSSR count). The molecule has 2 heterocycles. The summed E-state index contributed by atoms with van der Waals surface area (Å²) in [4.78, 5) is 7.50. The molecule has 18 heavy (non-hydrogen) atoms. The van der Waals surface area contributed by atoms with Crippen LogP contribution in [0.1, 0.15) is 10.4 Å². The molecule has 0 saturated heterocycles. The average Bonchev–Trinajstić information content (AvgIpc) is 2.82. The minimum atomic E-state index is -0.298. The number of rotatable bonds is 5. The SMILES string of the molecule is CNCc1cc(F)cnc1N(C)Cc1cccs1. The number of anilines is 1. The van der Waals surface area contributed by atoms with E-state index in [0.717, 1.165) is 17.9 Å². The molecule has 0 radical (unpaired) electrons. The maximum Gasteiger partial charge on any atom is 0.141 e. The summed E-state index contributed by atoms with van der Waals surface area (Å²) >= 11 is 1.71. The highest BCUT2D eigenvalue weighted by atomic mass is 32.1. The summed E-state index contributed by atoms with van der Waals surface area (Å²) in [6.45, 7) is 1.39. The van der Waals surface area contributed by atoms with E-state index in [1.807, 2.05) is 25.1 Å². The van der Waals surface area contributed by atoms with E-state index >= 15 is 0 Å². The van der Waals surface area contributed by atoms with Crippen molar-refractivity contribution in [1.29, 1.82) is 0 Å². The van der Waals surface area contributed by atoms with Crippen LogP contribution >= 0.6 is 11.3 Å². The fourth-order valence-electron chi connectivity index (χ4n) is 1.85. The number of thiophene rings is 1. The van der Waals surface area contributed by atoms with Gasteiger partial charge < -0.3 is 10.2 Å². The summed E-state index contributed by atoms with van der Waals surface area (Å²) in [6.07, 6.45) is 1.26. The Hall–Kier alpha value is -1.46. The van der Waals surface area contributed by atoms with Crippen LogP contribution in [0.25, 0.3) is 0 Å². The van der Waals surface area contributed by atoms with Crippen molar-refractivity contribution in [2.45, 2.75) is 13.1 Å². The Morgan fingerprint density at radius 1 is 1.50 bits per heavy atom. The Kier molecular flexibility index (Phi) is 4.28. The number of hydrogen-bond donors (Lipinski definition) is 1. The average molecular weight is 265 g/mol. The first-order valence-electron chi connectivity index (χ1n) is 5.73. The van der Waals surface area contributed by atoms with Crippen molar-refractivity contribution in [2.75, 3.05) is 19.0 Å². The van der Waals surface area contributed by atoms with Gasteiger partial charge in [-0.2, -0.15) is 0 Å². The van der Waals surface area contributed by atoms with E-state index in [9.17, 15) is 4.39 Å². The van der Waals surface area contributed by atoms with Gasteiger partial charge in [0.25, 0.3) is 0 Å². The first-order valence-corrected chi connectivity index (χ1v) is 6.61. The minimum absolute atomic E-state index is 0.298. The lowest BCUT2D eigenvalue weighted by Crippen LogP contribution is -2.20. The Labute approximate surface area is 110 Å². The van der Waals surface area contributed by atoms with Gasteiger partial charge in [-0.05, 0) is 24.6 Å². The highest BCUT2D eigenvalue weighted by molar-refractivity contribution is 7.09. The molecule has 0 aliphatic carbocycles. The number of nitrogens with zero attached hydrogens (tertiary/aromatic N) is 2. The first kappa shape index (κ1) is 13.0. The van der Waals surface area contributed by atoms with Crippen LogP contribution in [-0.2, 0) is 13.1 Å². The summed E-state index contributed by atoms with van der Waals surface area (Å²) in [5, 5.41) is 5.09. The minimum Gasteiger partial charge on any atom is -0.354 e. The molecular weight excluding hydrogens is 249 g/mol. The zero-order valence-electron chi connectivity index (χ0n) is 10.5. The van der Waals surface area contributed by atoms with E-state index < -0.39 is 0 Å². The lowest BCUT2D eigenvalue weighted by atomic mass is 10.2. The largest absolute Gasteiger partial charge is 0.354 e. The molecule has 0 aliphatic heterocycles. The van der Waals surface area contributed by atoms with Crippen molar-refractivity contribution in [3.63, 3.8) is 0 Å². The van der Waals surface area contributed by atoms with Gasteiger partial charge in [0.1, 0.15) is 11.6 Å².